The molecule has 8 nitrogen and oxygen atoms in total. The third-order valence-electron chi connectivity index (χ3n) is 5.58. The molecule has 3 aromatic carbocycles. The maximum absolute atomic E-state index is 13.0. The van der Waals surface area contributed by atoms with Crippen molar-refractivity contribution in [3.63, 3.8) is 0 Å². The second-order valence-electron chi connectivity index (χ2n) is 7.73. The predicted octanol–water partition coefficient (Wildman–Crippen LogP) is 4.77. The zero-order chi connectivity index (χ0) is 24.0. The molecule has 0 aliphatic carbocycles. The molecule has 1 amide bonds. The molecule has 34 heavy (non-hydrogen) atoms. The lowest BCUT2D eigenvalue weighted by molar-refractivity contribution is -0.117. The number of ether oxygens (including phenoxy) is 1. The number of amides is 1. The molecule has 5 rings (SSSR count). The van der Waals surface area contributed by atoms with Crippen LogP contribution in [0.2, 0.25) is 10.0 Å². The van der Waals surface area contributed by atoms with Crippen LogP contribution in [-0.2, 0) is 4.79 Å². The molecule has 1 atom stereocenters. The summed E-state index contributed by atoms with van der Waals surface area (Å²) in [6.07, 6.45) is -0.819. The number of aromatic amines is 1. The smallest absolute Gasteiger partial charge is 0.318 e. The first-order chi connectivity index (χ1) is 16.3. The van der Waals surface area contributed by atoms with E-state index < -0.39 is 17.3 Å². The van der Waals surface area contributed by atoms with Crippen molar-refractivity contribution in [1.29, 1.82) is 0 Å². The van der Waals surface area contributed by atoms with Gasteiger partial charge in [0.05, 0.1) is 33.3 Å². The van der Waals surface area contributed by atoms with Gasteiger partial charge in [-0.2, -0.15) is 0 Å². The fourth-order valence-corrected chi connectivity index (χ4v) is 4.56. The Morgan fingerprint density at radius 3 is 2.41 bits per heavy atom. The van der Waals surface area contributed by atoms with Crippen molar-refractivity contribution in [2.75, 3.05) is 16.8 Å². The molecular formula is C24H18Cl2N4O4. The number of nitrogens with zero attached hydrogens (tertiary/aromatic N) is 2. The Hall–Kier alpha value is -3.75. The van der Waals surface area contributed by atoms with E-state index in [9.17, 15) is 14.4 Å². The molecule has 0 saturated heterocycles. The number of carbonyl (C=O) groups excluding carboxylic acids is 1. The molecule has 1 aliphatic rings. The highest BCUT2D eigenvalue weighted by Crippen LogP contribution is 2.40. The largest absolute Gasteiger partial charge is 0.457 e. The van der Waals surface area contributed by atoms with E-state index in [1.54, 1.807) is 24.3 Å². The number of rotatable bonds is 4. The number of hydrogen-bond donors (Lipinski definition) is 2. The van der Waals surface area contributed by atoms with E-state index in [1.807, 2.05) is 30.3 Å². The van der Waals surface area contributed by atoms with E-state index in [0.29, 0.717) is 33.9 Å². The van der Waals surface area contributed by atoms with Crippen LogP contribution in [0.25, 0.3) is 11.0 Å². The monoisotopic (exact) mass is 496 g/mol. The van der Waals surface area contributed by atoms with Crippen LogP contribution < -0.4 is 26.1 Å². The molecule has 10 heteroatoms. The Balaban J connectivity index is 1.60. The molecular weight excluding hydrogens is 479 g/mol. The van der Waals surface area contributed by atoms with E-state index in [0.717, 1.165) is 0 Å². The lowest BCUT2D eigenvalue weighted by Gasteiger charge is -2.37. The maximum Gasteiger partial charge on any atom is 0.318 e. The molecule has 0 radical (unpaired) electrons. The number of H-pyrrole nitrogens is 1. The van der Waals surface area contributed by atoms with E-state index in [2.05, 4.69) is 10.3 Å². The molecule has 4 aromatic rings. The number of halogens is 2. The number of para-hydroxylation sites is 1. The Kier molecular flexibility index (Phi) is 5.55. The number of nitrogens with one attached hydrogen (secondary N) is 2. The van der Waals surface area contributed by atoms with Gasteiger partial charge in [0.1, 0.15) is 17.7 Å². The molecule has 2 N–H and O–H groups in total. The molecule has 0 spiro atoms. The molecule has 0 saturated carbocycles. The van der Waals surface area contributed by atoms with Gasteiger partial charge in [0.25, 0.3) is 0 Å². The summed E-state index contributed by atoms with van der Waals surface area (Å²) < 4.78 is 7.12. The molecule has 1 aliphatic heterocycles. The second-order valence-corrected chi connectivity index (χ2v) is 8.52. The van der Waals surface area contributed by atoms with Gasteiger partial charge in [-0.1, -0.05) is 41.4 Å². The van der Waals surface area contributed by atoms with Crippen LogP contribution in [0.15, 0.2) is 70.3 Å². The minimum absolute atomic E-state index is 0.132. The minimum Gasteiger partial charge on any atom is -0.457 e. The zero-order valence-corrected chi connectivity index (χ0v) is 19.4. The molecule has 0 fully saturated rings. The minimum atomic E-state index is -0.821. The van der Waals surface area contributed by atoms with E-state index >= 15 is 0 Å². The summed E-state index contributed by atoms with van der Waals surface area (Å²) in [6.45, 7) is 1.53. The molecule has 1 aromatic heterocycles. The highest BCUT2D eigenvalue weighted by atomic mass is 35.5. The van der Waals surface area contributed by atoms with Gasteiger partial charge < -0.3 is 15.0 Å². The molecule has 172 valence electrons. The van der Waals surface area contributed by atoms with Gasteiger partial charge in [0.15, 0.2) is 0 Å². The lowest BCUT2D eigenvalue weighted by Crippen LogP contribution is -2.50. The fourth-order valence-electron chi connectivity index (χ4n) is 4.15. The fraction of sp³-hybridized carbons (Fsp3) is 0.125. The van der Waals surface area contributed by atoms with Gasteiger partial charge in [-0.05, 0) is 42.5 Å². The number of aromatic nitrogens is 2. The topological polar surface area (TPSA) is 96.4 Å². The highest BCUT2D eigenvalue weighted by Gasteiger charge is 2.32. The van der Waals surface area contributed by atoms with Gasteiger partial charge in [0, 0.05) is 12.6 Å². The second kappa shape index (κ2) is 8.55. The number of benzene rings is 3. The quantitative estimate of drug-likeness (QED) is 0.396. The van der Waals surface area contributed by atoms with Gasteiger partial charge in [-0.15, -0.1) is 0 Å². The van der Waals surface area contributed by atoms with Crippen molar-refractivity contribution >= 4 is 51.5 Å². The van der Waals surface area contributed by atoms with Gasteiger partial charge in [0.2, 0.25) is 5.91 Å². The normalized spacial score (nSPS) is 14.5. The van der Waals surface area contributed by atoms with Crippen molar-refractivity contribution in [3.05, 3.63) is 91.4 Å². The van der Waals surface area contributed by atoms with Gasteiger partial charge in [-0.25, -0.2) is 0 Å². The molecule has 0 bridgehead atoms. The van der Waals surface area contributed by atoms with Crippen LogP contribution in [0, 0.1) is 0 Å². The summed E-state index contributed by atoms with van der Waals surface area (Å²) >= 11 is 12.6. The van der Waals surface area contributed by atoms with E-state index in [4.69, 9.17) is 27.9 Å². The standard InChI is InChI=1S/C24H18Cl2N4O4/c1-13(31)29(14-7-9-16(10-8-14)34-15-5-3-2-4-6-15)19-12-27-21-20(26)17(25)11-18-22(21)30(19)24(33)23(32)28-18/h2-11,19,27H,12H2,1H3,(H,28,32). The highest BCUT2D eigenvalue weighted by molar-refractivity contribution is 6.45. The first-order valence-electron chi connectivity index (χ1n) is 10.4. The summed E-state index contributed by atoms with van der Waals surface area (Å²) in [5.74, 6) is 0.954. The first-order valence-corrected chi connectivity index (χ1v) is 11.1. The van der Waals surface area contributed by atoms with Crippen LogP contribution in [0.3, 0.4) is 0 Å². The third-order valence-corrected chi connectivity index (χ3v) is 6.37. The van der Waals surface area contributed by atoms with Crippen molar-refractivity contribution in [2.45, 2.75) is 13.1 Å². The van der Waals surface area contributed by atoms with Crippen LogP contribution in [0.1, 0.15) is 13.1 Å². The summed E-state index contributed by atoms with van der Waals surface area (Å²) in [5.41, 5.74) is 0.0343. The van der Waals surface area contributed by atoms with Crippen LogP contribution >= 0.6 is 23.2 Å². The lowest BCUT2D eigenvalue weighted by atomic mass is 10.1. The molecule has 2 heterocycles. The summed E-state index contributed by atoms with van der Waals surface area (Å²) in [6, 6.07) is 17.7. The first kappa shape index (κ1) is 22.1. The van der Waals surface area contributed by atoms with Crippen molar-refractivity contribution < 1.29 is 9.53 Å². The van der Waals surface area contributed by atoms with E-state index in [1.165, 1.54) is 22.5 Å². The van der Waals surface area contributed by atoms with Crippen molar-refractivity contribution in [3.8, 4) is 11.5 Å². The number of carbonyl (C=O) groups is 1. The average Bonchev–Trinajstić information content (AvgIpc) is 2.82. The van der Waals surface area contributed by atoms with Crippen LogP contribution in [0.4, 0.5) is 11.4 Å². The maximum atomic E-state index is 13.0. The third kappa shape index (κ3) is 3.70. The van der Waals surface area contributed by atoms with E-state index in [-0.39, 0.29) is 22.5 Å². The summed E-state index contributed by atoms with van der Waals surface area (Å²) in [4.78, 5) is 42.2. The van der Waals surface area contributed by atoms with Crippen molar-refractivity contribution in [1.82, 2.24) is 9.55 Å². The zero-order valence-electron chi connectivity index (χ0n) is 17.8. The van der Waals surface area contributed by atoms with Gasteiger partial charge in [-0.3, -0.25) is 23.9 Å². The van der Waals surface area contributed by atoms with Crippen molar-refractivity contribution in [2.24, 2.45) is 0 Å². The predicted molar refractivity (Wildman–Crippen MR) is 132 cm³/mol. The van der Waals surface area contributed by atoms with Crippen LogP contribution in [-0.4, -0.2) is 22.0 Å². The Labute approximate surface area is 203 Å². The summed E-state index contributed by atoms with van der Waals surface area (Å²) in [5, 5.41) is 3.62. The number of hydrogen-bond acceptors (Lipinski definition) is 5. The average molecular weight is 497 g/mol. The Morgan fingerprint density at radius 2 is 1.74 bits per heavy atom. The van der Waals surface area contributed by atoms with Gasteiger partial charge >= 0.3 is 11.1 Å². The molecule has 1 unspecified atom stereocenters. The SMILES string of the molecule is CC(=O)N(c1ccc(Oc2ccccc2)cc1)C1CNc2c(Cl)c(Cl)cc3[nH]c(=O)c(=O)n1c23. The Bertz CT molecular complexity index is 1530. The Morgan fingerprint density at radius 1 is 1.06 bits per heavy atom. The summed E-state index contributed by atoms with van der Waals surface area (Å²) in [7, 11) is 0. The van der Waals surface area contributed by atoms with Crippen LogP contribution in [0.5, 0.6) is 11.5 Å². The number of anilines is 2.